The van der Waals surface area contributed by atoms with Crippen molar-refractivity contribution in [3.8, 4) is 28.0 Å². The van der Waals surface area contributed by atoms with Crippen LogP contribution in [0.1, 0.15) is 44.1 Å². The molecule has 3 aromatic carbocycles. The predicted octanol–water partition coefficient (Wildman–Crippen LogP) is 7.58. The van der Waals surface area contributed by atoms with E-state index in [1.807, 2.05) is 0 Å². The molecule has 1 fully saturated rings. The maximum atomic E-state index is 14.9. The molecular weight excluding hydrogens is 392 g/mol. The lowest BCUT2D eigenvalue weighted by Crippen LogP contribution is -2.13. The summed E-state index contributed by atoms with van der Waals surface area (Å²) in [4.78, 5) is 0. The Kier molecular flexibility index (Phi) is 5.54. The van der Waals surface area contributed by atoms with E-state index in [0.717, 1.165) is 31.7 Å². The second-order valence-electron chi connectivity index (χ2n) is 8.12. The highest BCUT2D eigenvalue weighted by molar-refractivity contribution is 5.71. The summed E-state index contributed by atoms with van der Waals surface area (Å²) in [5.41, 5.74) is 1.35. The molecule has 0 amide bonds. The van der Waals surface area contributed by atoms with Crippen LogP contribution in [0.2, 0.25) is 0 Å². The molecule has 0 bridgehead atoms. The largest absolute Gasteiger partial charge is 0.505 e. The summed E-state index contributed by atoms with van der Waals surface area (Å²) >= 11 is 0. The minimum Gasteiger partial charge on any atom is -0.505 e. The lowest BCUT2D eigenvalue weighted by molar-refractivity contribution is 0.339. The quantitative estimate of drug-likeness (QED) is 0.438. The van der Waals surface area contributed by atoms with Crippen molar-refractivity contribution >= 4 is 0 Å². The number of phenols is 1. The first-order valence-electron chi connectivity index (χ1n) is 10.1. The van der Waals surface area contributed by atoms with Gasteiger partial charge in [0.1, 0.15) is 0 Å². The highest BCUT2D eigenvalue weighted by Gasteiger charge is 2.25. The summed E-state index contributed by atoms with van der Waals surface area (Å²) in [7, 11) is 0. The fourth-order valence-electron chi connectivity index (χ4n) is 4.27. The van der Waals surface area contributed by atoms with Crippen LogP contribution in [0, 0.1) is 29.2 Å². The third-order valence-electron chi connectivity index (χ3n) is 6.14. The van der Waals surface area contributed by atoms with Gasteiger partial charge in [-0.25, -0.2) is 13.2 Å². The number of aromatic hydroxyl groups is 1. The number of hydrogen-bond donors (Lipinski definition) is 1. The van der Waals surface area contributed by atoms with Gasteiger partial charge >= 0.3 is 0 Å². The van der Waals surface area contributed by atoms with Gasteiger partial charge in [-0.05, 0) is 53.5 Å². The zero-order valence-corrected chi connectivity index (χ0v) is 16.6. The van der Waals surface area contributed by atoms with Crippen molar-refractivity contribution < 1.29 is 22.7 Å². The first kappa shape index (κ1) is 20.5. The Hall–Kier alpha value is -2.82. The van der Waals surface area contributed by atoms with Crippen LogP contribution in [0.5, 0.6) is 5.75 Å². The number of hydrogen-bond acceptors (Lipinski definition) is 1. The van der Waals surface area contributed by atoms with E-state index in [2.05, 4.69) is 6.92 Å². The van der Waals surface area contributed by atoms with Gasteiger partial charge in [0, 0.05) is 11.1 Å². The van der Waals surface area contributed by atoms with Gasteiger partial charge < -0.3 is 5.11 Å². The summed E-state index contributed by atoms with van der Waals surface area (Å²) in [6, 6.07) is 11.7. The number of phenolic OH excluding ortho intramolecular Hbond substituents is 1. The Bertz CT molecular complexity index is 1070. The molecule has 156 valence electrons. The van der Waals surface area contributed by atoms with Crippen LogP contribution < -0.4 is 0 Å². The maximum absolute atomic E-state index is 14.9. The van der Waals surface area contributed by atoms with Gasteiger partial charge in [-0.15, -0.1) is 0 Å². The minimum atomic E-state index is -1.32. The lowest BCUT2D eigenvalue weighted by atomic mass is 9.79. The van der Waals surface area contributed by atoms with Crippen LogP contribution >= 0.6 is 0 Å². The average Bonchev–Trinajstić information content (AvgIpc) is 2.75. The van der Waals surface area contributed by atoms with Crippen LogP contribution in [0.3, 0.4) is 0 Å². The Balaban J connectivity index is 1.63. The van der Waals surface area contributed by atoms with Crippen molar-refractivity contribution in [2.45, 2.75) is 38.5 Å². The number of halogens is 4. The Morgan fingerprint density at radius 1 is 0.633 bits per heavy atom. The van der Waals surface area contributed by atoms with Crippen LogP contribution in [0.15, 0.2) is 48.5 Å². The average molecular weight is 414 g/mol. The van der Waals surface area contributed by atoms with E-state index in [0.29, 0.717) is 22.6 Å². The van der Waals surface area contributed by atoms with E-state index in [9.17, 15) is 22.7 Å². The molecule has 0 spiro atoms. The summed E-state index contributed by atoms with van der Waals surface area (Å²) in [5, 5.41) is 9.26. The van der Waals surface area contributed by atoms with Gasteiger partial charge in [-0.1, -0.05) is 56.2 Å². The molecule has 0 unspecified atom stereocenters. The Labute approximate surface area is 173 Å². The molecule has 4 rings (SSSR count). The van der Waals surface area contributed by atoms with Gasteiger partial charge in [0.05, 0.1) is 0 Å². The van der Waals surface area contributed by atoms with E-state index in [4.69, 9.17) is 0 Å². The normalized spacial score (nSPS) is 19.1. The van der Waals surface area contributed by atoms with E-state index in [-0.39, 0.29) is 17.0 Å². The molecule has 0 radical (unpaired) electrons. The molecule has 1 aliphatic rings. The van der Waals surface area contributed by atoms with Crippen LogP contribution in [0.4, 0.5) is 17.6 Å². The third-order valence-corrected chi connectivity index (χ3v) is 6.14. The second kappa shape index (κ2) is 8.13. The second-order valence-corrected chi connectivity index (χ2v) is 8.12. The molecule has 0 saturated heterocycles. The van der Waals surface area contributed by atoms with Crippen LogP contribution in [0.25, 0.3) is 22.3 Å². The fourth-order valence-corrected chi connectivity index (χ4v) is 4.27. The molecule has 30 heavy (non-hydrogen) atoms. The molecule has 1 saturated carbocycles. The van der Waals surface area contributed by atoms with Gasteiger partial charge in [0.25, 0.3) is 0 Å². The monoisotopic (exact) mass is 414 g/mol. The van der Waals surface area contributed by atoms with E-state index >= 15 is 0 Å². The van der Waals surface area contributed by atoms with Gasteiger partial charge in [0.2, 0.25) is 5.82 Å². The highest BCUT2D eigenvalue weighted by Crippen LogP contribution is 2.39. The smallest absolute Gasteiger partial charge is 0.200 e. The van der Waals surface area contributed by atoms with E-state index in [1.54, 1.807) is 24.3 Å². The molecule has 0 heterocycles. The SMILES string of the molecule is CC1CCC(c2ccc(-c3ccc(-c4ccc(O)c(F)c4F)cc3)c(F)c2F)CC1. The first-order chi connectivity index (χ1) is 14.4. The highest BCUT2D eigenvalue weighted by atomic mass is 19.2. The predicted molar refractivity (Wildman–Crippen MR) is 109 cm³/mol. The van der Waals surface area contributed by atoms with Gasteiger partial charge in [-0.3, -0.25) is 0 Å². The molecule has 1 aliphatic carbocycles. The standard InChI is InChI=1S/C25H22F4O/c1-14-2-4-15(5-3-14)18-10-11-19(23(27)22(18)26)16-6-8-17(9-7-16)20-12-13-21(30)25(29)24(20)28/h6-15,30H,2-5H2,1H3. The summed E-state index contributed by atoms with van der Waals surface area (Å²) in [5.74, 6) is -4.27. The molecule has 1 N–H and O–H groups in total. The van der Waals surface area contributed by atoms with Crippen molar-refractivity contribution in [2.24, 2.45) is 5.92 Å². The molecule has 5 heteroatoms. The number of benzene rings is 3. The van der Waals surface area contributed by atoms with Crippen molar-refractivity contribution in [1.29, 1.82) is 0 Å². The van der Waals surface area contributed by atoms with Gasteiger partial charge in [0.15, 0.2) is 23.2 Å². The molecule has 0 aliphatic heterocycles. The molecule has 3 aromatic rings. The van der Waals surface area contributed by atoms with Crippen LogP contribution in [-0.4, -0.2) is 5.11 Å². The first-order valence-corrected chi connectivity index (χ1v) is 10.1. The van der Waals surface area contributed by atoms with E-state index < -0.39 is 29.0 Å². The Morgan fingerprint density at radius 3 is 1.70 bits per heavy atom. The number of rotatable bonds is 3. The molecular formula is C25H22F4O. The van der Waals surface area contributed by atoms with Gasteiger partial charge in [-0.2, -0.15) is 4.39 Å². The molecule has 1 nitrogen and oxygen atoms in total. The molecule has 0 aromatic heterocycles. The van der Waals surface area contributed by atoms with Crippen molar-refractivity contribution in [1.82, 2.24) is 0 Å². The fraction of sp³-hybridized carbons (Fsp3) is 0.280. The van der Waals surface area contributed by atoms with Crippen molar-refractivity contribution in [3.05, 3.63) is 77.4 Å². The Morgan fingerprint density at radius 2 is 1.13 bits per heavy atom. The molecule has 0 atom stereocenters. The maximum Gasteiger partial charge on any atom is 0.200 e. The zero-order valence-electron chi connectivity index (χ0n) is 16.6. The van der Waals surface area contributed by atoms with E-state index in [1.165, 1.54) is 18.2 Å². The zero-order chi connectivity index (χ0) is 21.4. The lowest BCUT2D eigenvalue weighted by Gasteiger charge is -2.27. The summed E-state index contributed by atoms with van der Waals surface area (Å²) in [6.07, 6.45) is 3.76. The minimum absolute atomic E-state index is 0.0228. The van der Waals surface area contributed by atoms with Crippen molar-refractivity contribution in [2.75, 3.05) is 0 Å². The van der Waals surface area contributed by atoms with Crippen molar-refractivity contribution in [3.63, 3.8) is 0 Å². The summed E-state index contributed by atoms with van der Waals surface area (Å²) < 4.78 is 57.4. The summed E-state index contributed by atoms with van der Waals surface area (Å²) in [6.45, 7) is 2.18. The van der Waals surface area contributed by atoms with Crippen LogP contribution in [-0.2, 0) is 0 Å². The third kappa shape index (κ3) is 3.69. The topological polar surface area (TPSA) is 20.2 Å².